The topological polar surface area (TPSA) is 97.0 Å². The molecule has 0 amide bonds. The van der Waals surface area contributed by atoms with Crippen molar-refractivity contribution in [1.82, 2.24) is 10.2 Å². The first kappa shape index (κ1) is 21.4. The molecule has 3 aromatic rings. The van der Waals surface area contributed by atoms with E-state index >= 15 is 0 Å². The third-order valence-electron chi connectivity index (χ3n) is 6.45. The number of fused-ring (bicyclic) bond motifs is 1. The van der Waals surface area contributed by atoms with E-state index < -0.39 is 0 Å². The minimum absolute atomic E-state index is 0.0781. The van der Waals surface area contributed by atoms with Gasteiger partial charge in [0, 0.05) is 11.3 Å². The van der Waals surface area contributed by atoms with Gasteiger partial charge in [-0.1, -0.05) is 0 Å². The molecule has 2 heterocycles. The van der Waals surface area contributed by atoms with Gasteiger partial charge in [0.05, 0.1) is 5.92 Å². The molecule has 0 bridgehead atoms. The molecule has 0 spiro atoms. The number of nitrogens with one attached hydrogen (secondary N) is 1. The van der Waals surface area contributed by atoms with Gasteiger partial charge >= 0.3 is 0 Å². The Bertz CT molecular complexity index is 1250. The Kier molecular flexibility index (Phi) is 5.39. The number of H-pyrrole nitrogens is 1. The second kappa shape index (κ2) is 8.04. The Morgan fingerprint density at radius 1 is 1.06 bits per heavy atom. The van der Waals surface area contributed by atoms with Crippen molar-refractivity contribution in [1.29, 1.82) is 5.26 Å². The normalized spacial score (nSPS) is 15.2. The van der Waals surface area contributed by atoms with Crippen molar-refractivity contribution in [3.63, 3.8) is 0 Å². The van der Waals surface area contributed by atoms with Gasteiger partial charge in [0.25, 0.3) is 0 Å². The van der Waals surface area contributed by atoms with Gasteiger partial charge in [-0.25, -0.2) is 4.39 Å². The van der Waals surface area contributed by atoms with Gasteiger partial charge in [-0.05, 0) is 92.3 Å². The van der Waals surface area contributed by atoms with Gasteiger partial charge < -0.3 is 15.2 Å². The van der Waals surface area contributed by atoms with Gasteiger partial charge in [0.2, 0.25) is 11.8 Å². The fraction of sp³-hybridized carbons (Fsp3) is 0.280. The lowest BCUT2D eigenvalue weighted by Crippen LogP contribution is -2.23. The molecule has 0 aliphatic carbocycles. The molecular weight excluding hydrogens is 407 g/mol. The molecule has 2 aromatic carbocycles. The molecule has 1 aliphatic rings. The first-order chi connectivity index (χ1) is 15.2. The average molecular weight is 432 g/mol. The first-order valence-corrected chi connectivity index (χ1v) is 10.3. The van der Waals surface area contributed by atoms with Gasteiger partial charge in [0.1, 0.15) is 29.8 Å². The Morgan fingerprint density at radius 2 is 1.69 bits per heavy atom. The van der Waals surface area contributed by atoms with Gasteiger partial charge in [-0.2, -0.15) is 5.26 Å². The summed E-state index contributed by atoms with van der Waals surface area (Å²) in [6.45, 7) is 10.5. The fourth-order valence-corrected chi connectivity index (χ4v) is 4.44. The largest absolute Gasteiger partial charge is 0.489 e. The van der Waals surface area contributed by atoms with Gasteiger partial charge in [0.15, 0.2) is 0 Å². The van der Waals surface area contributed by atoms with Crippen LogP contribution in [0.5, 0.6) is 11.6 Å². The molecule has 0 radical (unpaired) electrons. The Morgan fingerprint density at radius 3 is 2.28 bits per heavy atom. The van der Waals surface area contributed by atoms with Crippen molar-refractivity contribution in [2.24, 2.45) is 5.73 Å². The van der Waals surface area contributed by atoms with E-state index in [0.29, 0.717) is 23.8 Å². The molecular formula is C25H25FN4O2. The lowest BCUT2D eigenvalue weighted by atomic mass is 9.76. The van der Waals surface area contributed by atoms with Crippen LogP contribution in [0.4, 0.5) is 4.39 Å². The number of allylic oxidation sites excluding steroid dienone is 1. The van der Waals surface area contributed by atoms with E-state index in [9.17, 15) is 9.65 Å². The van der Waals surface area contributed by atoms with Crippen LogP contribution in [-0.4, -0.2) is 10.2 Å². The maximum Gasteiger partial charge on any atom is 0.244 e. The van der Waals surface area contributed by atoms with E-state index in [1.165, 1.54) is 12.1 Å². The molecule has 0 saturated carbocycles. The summed E-state index contributed by atoms with van der Waals surface area (Å²) >= 11 is 0. The maximum atomic E-state index is 13.2. The molecule has 0 saturated heterocycles. The van der Waals surface area contributed by atoms with Crippen molar-refractivity contribution < 1.29 is 13.9 Å². The maximum absolute atomic E-state index is 13.2. The predicted molar refractivity (Wildman–Crippen MR) is 119 cm³/mol. The highest BCUT2D eigenvalue weighted by atomic mass is 19.1. The van der Waals surface area contributed by atoms with Crippen LogP contribution in [0.15, 0.2) is 35.7 Å². The monoisotopic (exact) mass is 432 g/mol. The summed E-state index contributed by atoms with van der Waals surface area (Å²) in [5.74, 6) is 0.421. The fourth-order valence-electron chi connectivity index (χ4n) is 4.44. The number of aryl methyl sites for hydroxylation is 1. The standard InChI is InChI=1S/C25H25FN4O2/c1-12-14(3)21(23-19(10-27)24(28)32-25-22(23)16(5)29-30-25)15(4)13(2)20(12)11-31-18-8-6-17(26)7-9-18/h6-9,23H,11,28H2,1-5H3,(H,29,30)/t23-/m1/s1. The summed E-state index contributed by atoms with van der Waals surface area (Å²) in [5, 5.41) is 17.1. The molecule has 1 aliphatic heterocycles. The molecule has 3 N–H and O–H groups in total. The zero-order valence-electron chi connectivity index (χ0n) is 18.8. The molecule has 1 atom stereocenters. The highest BCUT2D eigenvalue weighted by molar-refractivity contribution is 5.61. The quantitative estimate of drug-likeness (QED) is 0.612. The summed E-state index contributed by atoms with van der Waals surface area (Å²) in [7, 11) is 0. The third kappa shape index (κ3) is 3.38. The van der Waals surface area contributed by atoms with E-state index in [1.54, 1.807) is 12.1 Å². The number of hydrogen-bond donors (Lipinski definition) is 2. The second-order valence-corrected chi connectivity index (χ2v) is 8.13. The van der Waals surface area contributed by atoms with Crippen molar-refractivity contribution >= 4 is 0 Å². The van der Waals surface area contributed by atoms with Crippen LogP contribution < -0.4 is 15.2 Å². The number of nitrogens with zero attached hydrogens (tertiary/aromatic N) is 2. The number of halogens is 1. The van der Waals surface area contributed by atoms with Gasteiger partial charge in [-0.15, -0.1) is 5.10 Å². The van der Waals surface area contributed by atoms with E-state index in [4.69, 9.17) is 15.2 Å². The molecule has 7 heteroatoms. The summed E-state index contributed by atoms with van der Waals surface area (Å²) in [5.41, 5.74) is 14.5. The number of hydrogen-bond acceptors (Lipinski definition) is 5. The van der Waals surface area contributed by atoms with Crippen LogP contribution in [0.25, 0.3) is 0 Å². The summed E-state index contributed by atoms with van der Waals surface area (Å²) in [6.07, 6.45) is 0. The number of ether oxygens (including phenoxy) is 2. The summed E-state index contributed by atoms with van der Waals surface area (Å²) in [4.78, 5) is 0. The zero-order valence-corrected chi connectivity index (χ0v) is 18.8. The van der Waals surface area contributed by atoms with Gasteiger partial charge in [-0.3, -0.25) is 5.10 Å². The Balaban J connectivity index is 1.82. The van der Waals surface area contributed by atoms with E-state index in [0.717, 1.165) is 44.6 Å². The molecule has 4 rings (SSSR count). The third-order valence-corrected chi connectivity index (χ3v) is 6.45. The molecule has 0 fully saturated rings. The number of aromatic amines is 1. The molecule has 164 valence electrons. The van der Waals surface area contributed by atoms with Crippen LogP contribution in [0, 0.1) is 51.8 Å². The first-order valence-electron chi connectivity index (χ1n) is 10.3. The highest BCUT2D eigenvalue weighted by Gasteiger charge is 2.36. The summed E-state index contributed by atoms with van der Waals surface area (Å²) in [6, 6.07) is 8.25. The van der Waals surface area contributed by atoms with Crippen LogP contribution in [0.2, 0.25) is 0 Å². The number of aromatic nitrogens is 2. The lowest BCUT2D eigenvalue weighted by molar-refractivity contribution is 0.304. The van der Waals surface area contributed by atoms with E-state index in [1.807, 2.05) is 20.8 Å². The number of rotatable bonds is 4. The SMILES string of the molecule is Cc1[nH]nc2c1[C@@H](c1c(C)c(C)c(COc3ccc(F)cc3)c(C)c1C)C(C#N)=C(N)O2. The van der Waals surface area contributed by atoms with E-state index in [2.05, 4.69) is 30.1 Å². The number of benzene rings is 2. The number of nitrogens with two attached hydrogens (primary N) is 1. The smallest absolute Gasteiger partial charge is 0.244 e. The van der Waals surface area contributed by atoms with Crippen LogP contribution in [-0.2, 0) is 6.61 Å². The zero-order chi connectivity index (χ0) is 23.2. The van der Waals surface area contributed by atoms with Crippen molar-refractivity contribution in [2.75, 3.05) is 0 Å². The Hall–Kier alpha value is -3.79. The minimum Gasteiger partial charge on any atom is -0.489 e. The molecule has 0 unspecified atom stereocenters. The number of nitriles is 1. The van der Waals surface area contributed by atoms with Crippen molar-refractivity contribution in [3.05, 3.63) is 86.2 Å². The molecule has 6 nitrogen and oxygen atoms in total. The highest BCUT2D eigenvalue weighted by Crippen LogP contribution is 2.46. The summed E-state index contributed by atoms with van der Waals surface area (Å²) < 4.78 is 24.8. The predicted octanol–water partition coefficient (Wildman–Crippen LogP) is 4.89. The average Bonchev–Trinajstić information content (AvgIpc) is 3.13. The van der Waals surface area contributed by atoms with Crippen molar-refractivity contribution in [2.45, 2.75) is 47.1 Å². The van der Waals surface area contributed by atoms with Crippen LogP contribution in [0.3, 0.4) is 0 Å². The molecule has 32 heavy (non-hydrogen) atoms. The lowest BCUT2D eigenvalue weighted by Gasteiger charge is -2.29. The van der Waals surface area contributed by atoms with Crippen molar-refractivity contribution in [3.8, 4) is 17.7 Å². The van der Waals surface area contributed by atoms with Crippen LogP contribution >= 0.6 is 0 Å². The van der Waals surface area contributed by atoms with E-state index in [-0.39, 0.29) is 17.6 Å². The molecule has 1 aromatic heterocycles. The second-order valence-electron chi connectivity index (χ2n) is 8.13. The Labute approximate surface area is 186 Å². The minimum atomic E-state index is -0.369. The van der Waals surface area contributed by atoms with Crippen LogP contribution in [0.1, 0.15) is 50.6 Å².